The van der Waals surface area contributed by atoms with Gasteiger partial charge < -0.3 is 21.1 Å². The average molecular weight is 246 g/mol. The lowest BCUT2D eigenvalue weighted by Crippen LogP contribution is -2.28. The van der Waals surface area contributed by atoms with Crippen LogP contribution in [0, 0.1) is 0 Å². The predicted octanol–water partition coefficient (Wildman–Crippen LogP) is 0.391. The minimum Gasteiger partial charge on any atom is -0.478 e. The van der Waals surface area contributed by atoms with Crippen molar-refractivity contribution in [3.63, 3.8) is 0 Å². The molecule has 1 aromatic carbocycles. The van der Waals surface area contributed by atoms with E-state index in [0.29, 0.717) is 0 Å². The van der Waals surface area contributed by atoms with E-state index in [9.17, 15) is 15.0 Å². The van der Waals surface area contributed by atoms with Gasteiger partial charge in [0.1, 0.15) is 6.10 Å². The highest BCUT2D eigenvalue weighted by molar-refractivity contribution is 6.30. The van der Waals surface area contributed by atoms with Crippen molar-refractivity contribution in [3.05, 3.63) is 34.3 Å². The lowest BCUT2D eigenvalue weighted by Gasteiger charge is -2.18. The summed E-state index contributed by atoms with van der Waals surface area (Å²) >= 11 is 5.70. The van der Waals surface area contributed by atoms with E-state index < -0.39 is 18.2 Å². The van der Waals surface area contributed by atoms with E-state index in [2.05, 4.69) is 0 Å². The predicted molar refractivity (Wildman–Crippen MR) is 58.4 cm³/mol. The maximum Gasteiger partial charge on any atom is 0.336 e. The molecule has 2 atom stereocenters. The molecule has 0 saturated heterocycles. The largest absolute Gasteiger partial charge is 0.478 e. The Morgan fingerprint density at radius 1 is 1.44 bits per heavy atom. The van der Waals surface area contributed by atoms with E-state index in [1.807, 2.05) is 0 Å². The Morgan fingerprint density at radius 3 is 2.56 bits per heavy atom. The van der Waals surface area contributed by atoms with Crippen LogP contribution in [0.1, 0.15) is 22.0 Å². The number of aliphatic hydroxyl groups excluding tert-OH is 2. The van der Waals surface area contributed by atoms with E-state index >= 15 is 0 Å². The molecule has 0 amide bonds. The number of aliphatic hydroxyl groups is 2. The number of carbonyl (C=O) groups is 1. The first kappa shape index (κ1) is 12.9. The van der Waals surface area contributed by atoms with Crippen LogP contribution in [-0.4, -0.2) is 33.9 Å². The first-order valence-electron chi connectivity index (χ1n) is 4.56. The molecule has 0 aliphatic heterocycles. The third kappa shape index (κ3) is 2.70. The zero-order chi connectivity index (χ0) is 12.3. The van der Waals surface area contributed by atoms with Crippen molar-refractivity contribution in [3.8, 4) is 0 Å². The molecule has 1 rings (SSSR count). The number of halogens is 1. The number of benzene rings is 1. The van der Waals surface area contributed by atoms with Gasteiger partial charge in [-0.3, -0.25) is 0 Å². The van der Waals surface area contributed by atoms with Gasteiger partial charge in [0.2, 0.25) is 0 Å². The van der Waals surface area contributed by atoms with E-state index in [0.717, 1.165) is 0 Å². The zero-order valence-electron chi connectivity index (χ0n) is 8.30. The molecule has 16 heavy (non-hydrogen) atoms. The molecule has 0 bridgehead atoms. The Kier molecular flexibility index (Phi) is 4.26. The number of carboxylic acids is 1. The van der Waals surface area contributed by atoms with E-state index in [4.69, 9.17) is 22.4 Å². The van der Waals surface area contributed by atoms with Crippen LogP contribution >= 0.6 is 11.6 Å². The first-order chi connectivity index (χ1) is 7.47. The molecular formula is C10H12ClNO4. The molecule has 0 aromatic heterocycles. The Hall–Kier alpha value is -1.14. The highest BCUT2D eigenvalue weighted by Crippen LogP contribution is 2.24. The summed E-state index contributed by atoms with van der Waals surface area (Å²) in [6.45, 7) is -0.174. The van der Waals surface area contributed by atoms with E-state index in [1.54, 1.807) is 0 Å². The van der Waals surface area contributed by atoms with Gasteiger partial charge in [-0.2, -0.15) is 0 Å². The van der Waals surface area contributed by atoms with Gasteiger partial charge in [0.25, 0.3) is 0 Å². The Bertz CT molecular complexity index is 396. The second-order valence-electron chi connectivity index (χ2n) is 3.28. The van der Waals surface area contributed by atoms with Crippen LogP contribution in [0.15, 0.2) is 18.2 Å². The maximum atomic E-state index is 10.9. The van der Waals surface area contributed by atoms with E-state index in [-0.39, 0.29) is 22.7 Å². The Morgan fingerprint density at radius 2 is 2.06 bits per heavy atom. The fourth-order valence-corrected chi connectivity index (χ4v) is 1.49. The summed E-state index contributed by atoms with van der Waals surface area (Å²) in [5.41, 5.74) is 5.13. The van der Waals surface area contributed by atoms with Crippen LogP contribution in [0.5, 0.6) is 0 Å². The normalized spacial score (nSPS) is 14.5. The zero-order valence-corrected chi connectivity index (χ0v) is 9.05. The molecule has 5 nitrogen and oxygen atoms in total. The van der Waals surface area contributed by atoms with Gasteiger partial charge >= 0.3 is 5.97 Å². The molecule has 88 valence electrons. The summed E-state index contributed by atoms with van der Waals surface area (Å²) in [6.07, 6.45) is -2.59. The van der Waals surface area contributed by atoms with E-state index in [1.165, 1.54) is 18.2 Å². The number of rotatable bonds is 4. The molecule has 5 N–H and O–H groups in total. The molecular weight excluding hydrogens is 234 g/mol. The molecule has 0 heterocycles. The summed E-state index contributed by atoms with van der Waals surface area (Å²) < 4.78 is 0. The van der Waals surface area contributed by atoms with Crippen LogP contribution in [0.3, 0.4) is 0 Å². The number of carboxylic acid groups (broad SMARTS) is 1. The Labute approximate surface area is 97.1 Å². The maximum absolute atomic E-state index is 10.9. The smallest absolute Gasteiger partial charge is 0.336 e. The van der Waals surface area contributed by atoms with Gasteiger partial charge in [-0.15, -0.1) is 0 Å². The van der Waals surface area contributed by atoms with Crippen LogP contribution in [0.25, 0.3) is 0 Å². The minimum atomic E-state index is -1.37. The number of hydrogen-bond acceptors (Lipinski definition) is 4. The monoisotopic (exact) mass is 245 g/mol. The van der Waals surface area contributed by atoms with Crippen molar-refractivity contribution in [2.45, 2.75) is 12.2 Å². The summed E-state index contributed by atoms with van der Waals surface area (Å²) in [4.78, 5) is 10.9. The van der Waals surface area contributed by atoms with Crippen molar-refractivity contribution in [2.75, 3.05) is 6.54 Å². The van der Waals surface area contributed by atoms with Gasteiger partial charge in [-0.25, -0.2) is 4.79 Å². The van der Waals surface area contributed by atoms with Crippen LogP contribution in [0.2, 0.25) is 5.02 Å². The van der Waals surface area contributed by atoms with Crippen molar-refractivity contribution in [1.82, 2.24) is 0 Å². The minimum absolute atomic E-state index is 0.0537. The quantitative estimate of drug-likeness (QED) is 0.614. The summed E-state index contributed by atoms with van der Waals surface area (Å²) in [6, 6.07) is 3.97. The molecule has 0 radical (unpaired) electrons. The second kappa shape index (κ2) is 5.27. The highest BCUT2D eigenvalue weighted by Gasteiger charge is 2.22. The van der Waals surface area contributed by atoms with Crippen LogP contribution < -0.4 is 5.73 Å². The van der Waals surface area contributed by atoms with Crippen molar-refractivity contribution in [1.29, 1.82) is 0 Å². The van der Waals surface area contributed by atoms with Crippen LogP contribution in [0.4, 0.5) is 0 Å². The van der Waals surface area contributed by atoms with Gasteiger partial charge in [-0.1, -0.05) is 11.6 Å². The molecule has 1 aromatic rings. The lowest BCUT2D eigenvalue weighted by atomic mass is 9.98. The third-order valence-corrected chi connectivity index (χ3v) is 2.40. The molecule has 0 saturated carbocycles. The molecule has 0 spiro atoms. The van der Waals surface area contributed by atoms with Gasteiger partial charge in [0.15, 0.2) is 0 Å². The fraction of sp³-hybridized carbons (Fsp3) is 0.300. The van der Waals surface area contributed by atoms with Crippen molar-refractivity contribution < 1.29 is 20.1 Å². The van der Waals surface area contributed by atoms with Crippen molar-refractivity contribution >= 4 is 17.6 Å². The third-order valence-electron chi connectivity index (χ3n) is 2.17. The van der Waals surface area contributed by atoms with Gasteiger partial charge in [-0.05, 0) is 23.8 Å². The van der Waals surface area contributed by atoms with Crippen molar-refractivity contribution in [2.24, 2.45) is 5.73 Å². The highest BCUT2D eigenvalue weighted by atomic mass is 35.5. The summed E-state index contributed by atoms with van der Waals surface area (Å²) in [5, 5.41) is 28.2. The molecule has 6 heteroatoms. The number of nitrogens with two attached hydrogens (primary N) is 1. The number of hydrogen-bond donors (Lipinski definition) is 4. The average Bonchev–Trinajstić information content (AvgIpc) is 2.26. The molecule has 0 fully saturated rings. The first-order valence-corrected chi connectivity index (χ1v) is 4.94. The standard InChI is InChI=1S/C10H12ClNO4/c11-5-1-2-6(10(15)16)7(3-5)9(14)8(13)4-12/h1-3,8-9,13-14H,4,12H2,(H,15,16). The topological polar surface area (TPSA) is 104 Å². The summed E-state index contributed by atoms with van der Waals surface area (Å²) in [5.74, 6) is -1.20. The summed E-state index contributed by atoms with van der Waals surface area (Å²) in [7, 11) is 0. The lowest BCUT2D eigenvalue weighted by molar-refractivity contribution is 0.0232. The fourth-order valence-electron chi connectivity index (χ4n) is 1.31. The molecule has 0 aliphatic rings. The van der Waals surface area contributed by atoms with Gasteiger partial charge in [0, 0.05) is 11.6 Å². The number of aromatic carboxylic acids is 1. The molecule has 0 aliphatic carbocycles. The Balaban J connectivity index is 3.19. The molecule has 2 unspecified atom stereocenters. The SMILES string of the molecule is NCC(O)C(O)c1cc(Cl)ccc1C(=O)O. The van der Waals surface area contributed by atoms with Gasteiger partial charge in [0.05, 0.1) is 11.7 Å². The second-order valence-corrected chi connectivity index (χ2v) is 3.72. The van der Waals surface area contributed by atoms with Crippen LogP contribution in [-0.2, 0) is 0 Å².